The molecule has 1 unspecified atom stereocenters. The second-order valence-corrected chi connectivity index (χ2v) is 5.05. The summed E-state index contributed by atoms with van der Waals surface area (Å²) in [5, 5.41) is 0. The highest BCUT2D eigenvalue weighted by Crippen LogP contribution is 2.65. The Balaban J connectivity index is 2.46. The van der Waals surface area contributed by atoms with Gasteiger partial charge in [0.2, 0.25) is 0 Å². The molecule has 0 heterocycles. The number of rotatable bonds is 3. The molecule has 2 rings (SSSR count). The van der Waals surface area contributed by atoms with E-state index >= 15 is 0 Å². The Hall–Kier alpha value is -1.02. The molecule has 0 saturated heterocycles. The molecule has 0 aliphatic heterocycles. The first-order valence-electron chi connectivity index (χ1n) is 5.41. The fourth-order valence-electron chi connectivity index (χ4n) is 2.67. The van der Waals surface area contributed by atoms with Gasteiger partial charge in [0.1, 0.15) is 5.75 Å². The zero-order valence-corrected chi connectivity index (χ0v) is 9.71. The smallest absolute Gasteiger partial charge is 0.122 e. The Morgan fingerprint density at radius 3 is 2.40 bits per heavy atom. The topological polar surface area (TPSA) is 35.2 Å². The minimum absolute atomic E-state index is 0.125. The number of methoxy groups -OCH3 is 1. The van der Waals surface area contributed by atoms with E-state index in [0.717, 1.165) is 12.2 Å². The van der Waals surface area contributed by atoms with Crippen LogP contribution in [0.25, 0.3) is 0 Å². The van der Waals surface area contributed by atoms with Gasteiger partial charge in [0.25, 0.3) is 0 Å². The van der Waals surface area contributed by atoms with Gasteiger partial charge in [-0.15, -0.1) is 0 Å². The molecule has 1 saturated carbocycles. The first-order valence-corrected chi connectivity index (χ1v) is 5.41. The Kier molecular flexibility index (Phi) is 2.27. The summed E-state index contributed by atoms with van der Waals surface area (Å²) in [7, 11) is 1.72. The highest BCUT2D eigenvalue weighted by Gasteiger charge is 2.61. The lowest BCUT2D eigenvalue weighted by Gasteiger charge is -2.21. The van der Waals surface area contributed by atoms with Gasteiger partial charge >= 0.3 is 0 Å². The maximum absolute atomic E-state index is 5.94. The van der Waals surface area contributed by atoms with Gasteiger partial charge in [0.05, 0.1) is 7.11 Å². The molecule has 1 fully saturated rings. The molecule has 0 amide bonds. The van der Waals surface area contributed by atoms with Crippen molar-refractivity contribution < 1.29 is 4.74 Å². The molecule has 1 aromatic rings. The Bertz CT molecular complexity index is 373. The maximum Gasteiger partial charge on any atom is 0.122 e. The molecule has 15 heavy (non-hydrogen) atoms. The van der Waals surface area contributed by atoms with Crippen LogP contribution in [0.1, 0.15) is 25.8 Å². The minimum atomic E-state index is 0.125. The molecule has 1 atom stereocenters. The Labute approximate surface area is 91.4 Å². The maximum atomic E-state index is 5.94. The van der Waals surface area contributed by atoms with E-state index < -0.39 is 0 Å². The summed E-state index contributed by atoms with van der Waals surface area (Å²) >= 11 is 0. The van der Waals surface area contributed by atoms with Gasteiger partial charge in [-0.3, -0.25) is 0 Å². The lowest BCUT2D eigenvalue weighted by atomic mass is 9.87. The van der Waals surface area contributed by atoms with Crippen LogP contribution in [0.2, 0.25) is 0 Å². The number of para-hydroxylation sites is 1. The van der Waals surface area contributed by atoms with Crippen LogP contribution in [0.3, 0.4) is 0 Å². The van der Waals surface area contributed by atoms with Crippen molar-refractivity contribution >= 4 is 0 Å². The lowest BCUT2D eigenvalue weighted by molar-refractivity contribution is 0.395. The van der Waals surface area contributed by atoms with Gasteiger partial charge in [-0.05, 0) is 17.9 Å². The first-order chi connectivity index (χ1) is 7.07. The summed E-state index contributed by atoms with van der Waals surface area (Å²) in [6.07, 6.45) is 1.15. The van der Waals surface area contributed by atoms with E-state index in [0.29, 0.717) is 12.0 Å². The molecule has 2 N–H and O–H groups in total. The fraction of sp³-hybridized carbons (Fsp3) is 0.538. The van der Waals surface area contributed by atoms with Gasteiger partial charge in [-0.2, -0.15) is 0 Å². The molecule has 82 valence electrons. The standard InChI is InChI=1S/C13H19NO/c1-12(2)8-13(12,9-14)10-6-4-5-7-11(10)15-3/h4-7H,8-9,14H2,1-3H3. The zero-order chi connectivity index (χ0) is 11.1. The molecule has 2 nitrogen and oxygen atoms in total. The minimum Gasteiger partial charge on any atom is -0.496 e. The van der Waals surface area contributed by atoms with Crippen LogP contribution >= 0.6 is 0 Å². The first kappa shape index (κ1) is 10.5. The van der Waals surface area contributed by atoms with Crippen LogP contribution in [0.5, 0.6) is 5.75 Å². The number of benzene rings is 1. The van der Waals surface area contributed by atoms with Gasteiger partial charge in [0, 0.05) is 17.5 Å². The quantitative estimate of drug-likeness (QED) is 0.822. The van der Waals surface area contributed by atoms with Crippen molar-refractivity contribution in [2.24, 2.45) is 11.1 Å². The number of hydrogen-bond acceptors (Lipinski definition) is 2. The van der Waals surface area contributed by atoms with Crippen molar-refractivity contribution in [3.63, 3.8) is 0 Å². The second kappa shape index (κ2) is 3.24. The van der Waals surface area contributed by atoms with Gasteiger partial charge in [-0.1, -0.05) is 32.0 Å². The second-order valence-electron chi connectivity index (χ2n) is 5.05. The molecule has 1 aliphatic carbocycles. The molecule has 0 bridgehead atoms. The summed E-state index contributed by atoms with van der Waals surface area (Å²) in [5.41, 5.74) is 7.63. The van der Waals surface area contributed by atoms with E-state index in [1.54, 1.807) is 7.11 Å². The van der Waals surface area contributed by atoms with E-state index in [1.165, 1.54) is 5.56 Å². The highest BCUT2D eigenvalue weighted by atomic mass is 16.5. The lowest BCUT2D eigenvalue weighted by Crippen LogP contribution is -2.25. The SMILES string of the molecule is COc1ccccc1C1(CN)CC1(C)C. The molecular formula is C13H19NO. The molecular weight excluding hydrogens is 186 g/mol. The molecule has 1 aromatic carbocycles. The normalized spacial score (nSPS) is 27.5. The molecule has 1 aliphatic rings. The van der Waals surface area contributed by atoms with Crippen molar-refractivity contribution in [3.05, 3.63) is 29.8 Å². The number of ether oxygens (including phenoxy) is 1. The van der Waals surface area contributed by atoms with Gasteiger partial charge in [0.15, 0.2) is 0 Å². The van der Waals surface area contributed by atoms with Crippen LogP contribution in [-0.4, -0.2) is 13.7 Å². The van der Waals surface area contributed by atoms with E-state index in [1.807, 2.05) is 12.1 Å². The average Bonchev–Trinajstić information content (AvgIpc) is 2.82. The summed E-state index contributed by atoms with van der Waals surface area (Å²) in [6.45, 7) is 5.24. The van der Waals surface area contributed by atoms with E-state index in [9.17, 15) is 0 Å². The molecule has 0 aromatic heterocycles. The van der Waals surface area contributed by atoms with Crippen LogP contribution in [0, 0.1) is 5.41 Å². The summed E-state index contributed by atoms with van der Waals surface area (Å²) in [5.74, 6) is 0.966. The molecule has 2 heteroatoms. The van der Waals surface area contributed by atoms with Gasteiger partial charge < -0.3 is 10.5 Å². The van der Waals surface area contributed by atoms with Crippen LogP contribution < -0.4 is 10.5 Å². The van der Waals surface area contributed by atoms with E-state index in [-0.39, 0.29) is 5.41 Å². The Morgan fingerprint density at radius 2 is 1.93 bits per heavy atom. The Morgan fingerprint density at radius 1 is 1.33 bits per heavy atom. The van der Waals surface area contributed by atoms with Crippen LogP contribution in [0.15, 0.2) is 24.3 Å². The zero-order valence-electron chi connectivity index (χ0n) is 9.71. The fourth-order valence-corrected chi connectivity index (χ4v) is 2.67. The number of hydrogen-bond donors (Lipinski definition) is 1. The van der Waals surface area contributed by atoms with Crippen molar-refractivity contribution in [3.8, 4) is 5.75 Å². The predicted octanol–water partition coefficient (Wildman–Crippen LogP) is 2.32. The van der Waals surface area contributed by atoms with Crippen molar-refractivity contribution in [1.82, 2.24) is 0 Å². The summed E-state index contributed by atoms with van der Waals surface area (Å²) in [4.78, 5) is 0. The average molecular weight is 205 g/mol. The number of nitrogens with two attached hydrogens (primary N) is 1. The van der Waals surface area contributed by atoms with Crippen LogP contribution in [0.4, 0.5) is 0 Å². The highest BCUT2D eigenvalue weighted by molar-refractivity contribution is 5.46. The van der Waals surface area contributed by atoms with Gasteiger partial charge in [-0.25, -0.2) is 0 Å². The third kappa shape index (κ3) is 1.36. The third-order valence-corrected chi connectivity index (χ3v) is 3.89. The van der Waals surface area contributed by atoms with Crippen molar-refractivity contribution in [2.75, 3.05) is 13.7 Å². The predicted molar refractivity (Wildman–Crippen MR) is 62.1 cm³/mol. The summed E-state index contributed by atoms with van der Waals surface area (Å²) in [6, 6.07) is 8.22. The molecule has 0 spiro atoms. The van der Waals surface area contributed by atoms with Crippen molar-refractivity contribution in [2.45, 2.75) is 25.7 Å². The van der Waals surface area contributed by atoms with Crippen molar-refractivity contribution in [1.29, 1.82) is 0 Å². The summed E-state index contributed by atoms with van der Waals surface area (Å²) < 4.78 is 5.41. The third-order valence-electron chi connectivity index (χ3n) is 3.89. The monoisotopic (exact) mass is 205 g/mol. The molecule has 0 radical (unpaired) electrons. The van der Waals surface area contributed by atoms with E-state index in [4.69, 9.17) is 10.5 Å². The van der Waals surface area contributed by atoms with Crippen LogP contribution in [-0.2, 0) is 5.41 Å². The van der Waals surface area contributed by atoms with E-state index in [2.05, 4.69) is 26.0 Å². The largest absolute Gasteiger partial charge is 0.496 e.